The van der Waals surface area contributed by atoms with E-state index >= 15 is 0 Å². The molecule has 0 fully saturated rings. The zero-order valence-corrected chi connectivity index (χ0v) is 14.7. The summed E-state index contributed by atoms with van der Waals surface area (Å²) in [4.78, 5) is 24.2. The van der Waals surface area contributed by atoms with Gasteiger partial charge in [0.05, 0.1) is 14.2 Å². The third-order valence-corrected chi connectivity index (χ3v) is 3.61. The normalized spacial score (nSPS) is 10.1. The van der Waals surface area contributed by atoms with Crippen molar-refractivity contribution in [1.82, 2.24) is 0 Å². The lowest BCUT2D eigenvalue weighted by Gasteiger charge is -2.12. The molecule has 25 heavy (non-hydrogen) atoms. The number of nitrogens with one attached hydrogen (secondary N) is 1. The van der Waals surface area contributed by atoms with Crippen LogP contribution >= 0.6 is 0 Å². The van der Waals surface area contributed by atoms with Gasteiger partial charge in [-0.1, -0.05) is 23.8 Å². The minimum absolute atomic E-state index is 0.196. The first kappa shape index (κ1) is 18.3. The Balaban J connectivity index is 2.01. The summed E-state index contributed by atoms with van der Waals surface area (Å²) in [7, 11) is 2.91. The minimum Gasteiger partial charge on any atom is -0.493 e. The quantitative estimate of drug-likeness (QED) is 0.816. The van der Waals surface area contributed by atoms with Crippen LogP contribution in [0.3, 0.4) is 0 Å². The maximum absolute atomic E-state index is 12.2. The Morgan fingerprint density at radius 1 is 1.04 bits per heavy atom. The van der Waals surface area contributed by atoms with Gasteiger partial charge in [0.25, 0.3) is 5.91 Å². The molecule has 2 rings (SSSR count). The van der Waals surface area contributed by atoms with E-state index in [9.17, 15) is 9.59 Å². The van der Waals surface area contributed by atoms with E-state index in [4.69, 9.17) is 14.2 Å². The predicted molar refractivity (Wildman–Crippen MR) is 94.4 cm³/mol. The first-order valence-electron chi connectivity index (χ1n) is 7.71. The lowest BCUT2D eigenvalue weighted by molar-refractivity contribution is -0.119. The SMILES string of the molecule is COc1cccc(C(=O)OCC(=O)Nc2ccc(C)cc2C)c1OC. The van der Waals surface area contributed by atoms with Crippen molar-refractivity contribution >= 4 is 17.6 Å². The molecule has 1 N–H and O–H groups in total. The second-order valence-corrected chi connectivity index (χ2v) is 5.48. The number of esters is 1. The van der Waals surface area contributed by atoms with E-state index in [1.165, 1.54) is 14.2 Å². The highest BCUT2D eigenvalue weighted by Gasteiger charge is 2.18. The molecule has 6 nitrogen and oxygen atoms in total. The Bertz CT molecular complexity index is 785. The van der Waals surface area contributed by atoms with Crippen molar-refractivity contribution in [3.63, 3.8) is 0 Å². The number of para-hydroxylation sites is 1. The van der Waals surface area contributed by atoms with Crippen LogP contribution in [0, 0.1) is 13.8 Å². The van der Waals surface area contributed by atoms with Crippen LogP contribution < -0.4 is 14.8 Å². The number of benzene rings is 2. The second-order valence-electron chi connectivity index (χ2n) is 5.48. The molecule has 0 heterocycles. The standard InChI is InChI=1S/C19H21NO5/c1-12-8-9-15(13(2)10-12)20-17(21)11-25-19(22)14-6-5-7-16(23-3)18(14)24-4/h5-10H,11H2,1-4H3,(H,20,21). The van der Waals surface area contributed by atoms with E-state index < -0.39 is 18.5 Å². The van der Waals surface area contributed by atoms with Gasteiger partial charge < -0.3 is 19.5 Å². The van der Waals surface area contributed by atoms with Crippen LogP contribution in [0.5, 0.6) is 11.5 Å². The second kappa shape index (κ2) is 8.19. The fourth-order valence-electron chi connectivity index (χ4n) is 2.40. The number of carbonyl (C=O) groups excluding carboxylic acids is 2. The number of methoxy groups -OCH3 is 2. The van der Waals surface area contributed by atoms with Gasteiger partial charge >= 0.3 is 5.97 Å². The van der Waals surface area contributed by atoms with Gasteiger partial charge in [0.2, 0.25) is 0 Å². The Morgan fingerprint density at radius 3 is 2.44 bits per heavy atom. The van der Waals surface area contributed by atoms with Crippen LogP contribution in [0.25, 0.3) is 0 Å². The van der Waals surface area contributed by atoms with Gasteiger partial charge in [-0.05, 0) is 37.6 Å². The van der Waals surface area contributed by atoms with Crippen LogP contribution in [-0.4, -0.2) is 32.7 Å². The Hall–Kier alpha value is -3.02. The number of rotatable bonds is 6. The van der Waals surface area contributed by atoms with Crippen LogP contribution in [0.15, 0.2) is 36.4 Å². The topological polar surface area (TPSA) is 73.9 Å². The fourth-order valence-corrected chi connectivity index (χ4v) is 2.40. The summed E-state index contributed by atoms with van der Waals surface area (Å²) in [5.74, 6) is -0.393. The lowest BCUT2D eigenvalue weighted by Crippen LogP contribution is -2.21. The average Bonchev–Trinajstić information content (AvgIpc) is 2.61. The maximum atomic E-state index is 12.2. The number of anilines is 1. The molecule has 1 amide bonds. The van der Waals surface area contributed by atoms with Crippen LogP contribution in [0.4, 0.5) is 5.69 Å². The third-order valence-electron chi connectivity index (χ3n) is 3.61. The number of ether oxygens (including phenoxy) is 3. The molecule has 0 unspecified atom stereocenters. The van der Waals surface area contributed by atoms with Crippen molar-refractivity contribution in [1.29, 1.82) is 0 Å². The van der Waals surface area contributed by atoms with E-state index in [2.05, 4.69) is 5.32 Å². The molecule has 132 valence electrons. The van der Waals surface area contributed by atoms with Crippen molar-refractivity contribution in [3.05, 3.63) is 53.1 Å². The van der Waals surface area contributed by atoms with Gasteiger partial charge in [-0.3, -0.25) is 4.79 Å². The molecule has 0 radical (unpaired) electrons. The van der Waals surface area contributed by atoms with Gasteiger partial charge in [-0.2, -0.15) is 0 Å². The average molecular weight is 343 g/mol. The molecule has 0 aliphatic rings. The maximum Gasteiger partial charge on any atom is 0.342 e. The molecule has 0 aliphatic carbocycles. The van der Waals surface area contributed by atoms with Gasteiger partial charge in [-0.25, -0.2) is 4.79 Å². The molecule has 0 atom stereocenters. The van der Waals surface area contributed by atoms with Gasteiger partial charge in [0.15, 0.2) is 18.1 Å². The molecule has 0 aliphatic heterocycles. The van der Waals surface area contributed by atoms with Gasteiger partial charge in [0, 0.05) is 5.69 Å². The number of hydrogen-bond donors (Lipinski definition) is 1. The smallest absolute Gasteiger partial charge is 0.342 e. The number of amides is 1. The summed E-state index contributed by atoms with van der Waals surface area (Å²) >= 11 is 0. The van der Waals surface area contributed by atoms with Crippen molar-refractivity contribution in [2.75, 3.05) is 26.1 Å². The Morgan fingerprint density at radius 2 is 1.80 bits per heavy atom. The highest BCUT2D eigenvalue weighted by Crippen LogP contribution is 2.31. The van der Waals surface area contributed by atoms with E-state index in [0.29, 0.717) is 11.4 Å². The molecular weight excluding hydrogens is 322 g/mol. The summed E-state index contributed by atoms with van der Waals surface area (Å²) in [6.45, 7) is 3.48. The predicted octanol–water partition coefficient (Wildman–Crippen LogP) is 3.12. The van der Waals surface area contributed by atoms with E-state index in [-0.39, 0.29) is 11.3 Å². The minimum atomic E-state index is -0.661. The van der Waals surface area contributed by atoms with Crippen molar-refractivity contribution in [3.8, 4) is 11.5 Å². The molecule has 2 aromatic rings. The molecule has 0 saturated heterocycles. The molecule has 0 bridgehead atoms. The lowest BCUT2D eigenvalue weighted by atomic mass is 10.1. The highest BCUT2D eigenvalue weighted by molar-refractivity contribution is 5.97. The summed E-state index contributed by atoms with van der Waals surface area (Å²) in [6, 6.07) is 10.5. The summed E-state index contributed by atoms with van der Waals surface area (Å²) in [6.07, 6.45) is 0. The summed E-state index contributed by atoms with van der Waals surface area (Å²) < 4.78 is 15.4. The first-order chi connectivity index (χ1) is 12.0. The number of aryl methyl sites for hydroxylation is 2. The number of hydrogen-bond acceptors (Lipinski definition) is 5. The van der Waals surface area contributed by atoms with Crippen molar-refractivity contribution in [2.24, 2.45) is 0 Å². The molecular formula is C19H21NO5. The number of carbonyl (C=O) groups is 2. The third kappa shape index (κ3) is 4.50. The zero-order valence-electron chi connectivity index (χ0n) is 14.7. The molecule has 6 heteroatoms. The molecule has 0 spiro atoms. The molecule has 2 aromatic carbocycles. The van der Waals surface area contributed by atoms with Crippen molar-refractivity contribution < 1.29 is 23.8 Å². The summed E-state index contributed by atoms with van der Waals surface area (Å²) in [5, 5.41) is 2.72. The van der Waals surface area contributed by atoms with Crippen LogP contribution in [0.1, 0.15) is 21.5 Å². The van der Waals surface area contributed by atoms with Gasteiger partial charge in [-0.15, -0.1) is 0 Å². The van der Waals surface area contributed by atoms with Crippen molar-refractivity contribution in [2.45, 2.75) is 13.8 Å². The zero-order chi connectivity index (χ0) is 18.4. The van der Waals surface area contributed by atoms with Crippen LogP contribution in [0.2, 0.25) is 0 Å². The monoisotopic (exact) mass is 343 g/mol. The molecule has 0 saturated carbocycles. The van der Waals surface area contributed by atoms with Crippen LogP contribution in [-0.2, 0) is 9.53 Å². The van der Waals surface area contributed by atoms with Gasteiger partial charge in [0.1, 0.15) is 5.56 Å². The molecule has 0 aromatic heterocycles. The highest BCUT2D eigenvalue weighted by atomic mass is 16.5. The summed E-state index contributed by atoms with van der Waals surface area (Å²) in [5.41, 5.74) is 2.92. The Labute approximate surface area is 146 Å². The van der Waals surface area contributed by atoms with E-state index in [1.807, 2.05) is 32.0 Å². The fraction of sp³-hybridized carbons (Fsp3) is 0.263. The largest absolute Gasteiger partial charge is 0.493 e. The Kier molecular flexibility index (Phi) is 6.00. The van der Waals surface area contributed by atoms with E-state index in [0.717, 1.165) is 11.1 Å². The first-order valence-corrected chi connectivity index (χ1v) is 7.71. The van der Waals surface area contributed by atoms with E-state index in [1.54, 1.807) is 18.2 Å².